The Kier molecular flexibility index (Phi) is 8.18. The van der Waals surface area contributed by atoms with Crippen LogP contribution >= 0.6 is 0 Å². The van der Waals surface area contributed by atoms with Gasteiger partial charge < -0.3 is 24.2 Å². The summed E-state index contributed by atoms with van der Waals surface area (Å²) in [7, 11) is 3.29. The molecule has 9 heteroatoms. The van der Waals surface area contributed by atoms with Gasteiger partial charge in [-0.05, 0) is 41.8 Å². The van der Waals surface area contributed by atoms with Crippen molar-refractivity contribution < 1.29 is 18.7 Å². The number of benzene rings is 2. The van der Waals surface area contributed by atoms with E-state index in [9.17, 15) is 4.79 Å². The zero-order valence-corrected chi connectivity index (χ0v) is 22.0. The zero-order valence-electron chi connectivity index (χ0n) is 22.0. The number of ether oxygens (including phenoxy) is 2. The monoisotopic (exact) mass is 525 g/mol. The second-order valence-corrected chi connectivity index (χ2v) is 9.16. The highest BCUT2D eigenvalue weighted by Crippen LogP contribution is 2.27. The van der Waals surface area contributed by atoms with E-state index >= 15 is 0 Å². The summed E-state index contributed by atoms with van der Waals surface area (Å²) in [6.07, 6.45) is 7.68. The summed E-state index contributed by atoms with van der Waals surface area (Å²) in [6.45, 7) is 2.15. The number of hydrogen-bond donors (Lipinski definition) is 2. The quantitative estimate of drug-likeness (QED) is 0.242. The van der Waals surface area contributed by atoms with Crippen molar-refractivity contribution >= 4 is 16.8 Å². The molecule has 5 aromatic rings. The van der Waals surface area contributed by atoms with Crippen molar-refractivity contribution in [1.29, 1.82) is 0 Å². The molecule has 0 saturated heterocycles. The van der Waals surface area contributed by atoms with Gasteiger partial charge in [-0.25, -0.2) is 4.98 Å². The average Bonchev–Trinajstić information content (AvgIpc) is 3.62. The lowest BCUT2D eigenvalue weighted by Gasteiger charge is -2.22. The lowest BCUT2D eigenvalue weighted by molar-refractivity contribution is 0.0945. The number of para-hydroxylation sites is 1. The number of rotatable bonds is 12. The molecule has 0 aliphatic rings. The number of pyridine rings is 1. The fourth-order valence-corrected chi connectivity index (χ4v) is 4.51. The van der Waals surface area contributed by atoms with Gasteiger partial charge in [0.1, 0.15) is 17.8 Å². The van der Waals surface area contributed by atoms with E-state index in [1.807, 2.05) is 42.5 Å². The summed E-state index contributed by atoms with van der Waals surface area (Å²) in [5, 5.41) is 4.09. The number of oxazole rings is 1. The molecule has 3 aromatic heterocycles. The predicted octanol–water partition coefficient (Wildman–Crippen LogP) is 4.74. The third-order valence-electron chi connectivity index (χ3n) is 6.61. The van der Waals surface area contributed by atoms with Crippen LogP contribution in [0, 0.1) is 0 Å². The van der Waals surface area contributed by atoms with E-state index in [-0.39, 0.29) is 11.6 Å². The van der Waals surface area contributed by atoms with Gasteiger partial charge in [0, 0.05) is 60.8 Å². The number of fused-ring (bicyclic) bond motifs is 1. The van der Waals surface area contributed by atoms with Crippen LogP contribution in [0.25, 0.3) is 10.9 Å². The third-order valence-corrected chi connectivity index (χ3v) is 6.61. The molecule has 0 fully saturated rings. The van der Waals surface area contributed by atoms with E-state index in [1.165, 1.54) is 17.2 Å². The lowest BCUT2D eigenvalue weighted by Crippen LogP contribution is -2.26. The third kappa shape index (κ3) is 6.45. The second kappa shape index (κ2) is 12.3. The van der Waals surface area contributed by atoms with Crippen LogP contribution in [0.5, 0.6) is 11.5 Å². The second-order valence-electron chi connectivity index (χ2n) is 9.16. The molecule has 200 valence electrons. The maximum absolute atomic E-state index is 12.7. The van der Waals surface area contributed by atoms with E-state index in [0.717, 1.165) is 41.1 Å². The molecule has 0 aliphatic carbocycles. The summed E-state index contributed by atoms with van der Waals surface area (Å²) in [6, 6.07) is 17.8. The highest BCUT2D eigenvalue weighted by molar-refractivity contribution is 5.91. The number of aromatic nitrogens is 3. The molecule has 2 aromatic carbocycles. The lowest BCUT2D eigenvalue weighted by atomic mass is 10.1. The van der Waals surface area contributed by atoms with Gasteiger partial charge in [0.2, 0.25) is 5.89 Å². The zero-order chi connectivity index (χ0) is 27.0. The van der Waals surface area contributed by atoms with E-state index in [0.29, 0.717) is 25.5 Å². The van der Waals surface area contributed by atoms with Gasteiger partial charge in [-0.1, -0.05) is 24.3 Å². The van der Waals surface area contributed by atoms with Crippen LogP contribution in [-0.2, 0) is 26.1 Å². The van der Waals surface area contributed by atoms with Crippen molar-refractivity contribution in [3.63, 3.8) is 0 Å². The van der Waals surface area contributed by atoms with E-state index in [2.05, 4.69) is 43.5 Å². The number of carbonyl (C=O) groups excluding carboxylic acids is 1. The Morgan fingerprint density at radius 2 is 1.87 bits per heavy atom. The molecule has 9 nitrogen and oxygen atoms in total. The number of hydrogen-bond acceptors (Lipinski definition) is 7. The molecular formula is C30H31N5O4. The van der Waals surface area contributed by atoms with E-state index in [1.54, 1.807) is 26.6 Å². The topological polar surface area (TPSA) is 106 Å². The smallest absolute Gasteiger partial charge is 0.273 e. The molecule has 1 amide bonds. The number of methoxy groups -OCH3 is 2. The van der Waals surface area contributed by atoms with Crippen molar-refractivity contribution in [1.82, 2.24) is 25.2 Å². The van der Waals surface area contributed by atoms with Gasteiger partial charge in [-0.3, -0.25) is 14.7 Å². The summed E-state index contributed by atoms with van der Waals surface area (Å²) in [5.41, 5.74) is 4.57. The number of nitrogens with one attached hydrogen (secondary N) is 2. The van der Waals surface area contributed by atoms with Crippen LogP contribution in [0.2, 0.25) is 0 Å². The van der Waals surface area contributed by atoms with E-state index < -0.39 is 0 Å². The molecular weight excluding hydrogens is 494 g/mol. The number of carbonyl (C=O) groups is 1. The summed E-state index contributed by atoms with van der Waals surface area (Å²) >= 11 is 0. The Balaban J connectivity index is 1.31. The fourth-order valence-electron chi connectivity index (χ4n) is 4.51. The Morgan fingerprint density at radius 1 is 1.03 bits per heavy atom. The Labute approximate surface area is 226 Å². The van der Waals surface area contributed by atoms with Gasteiger partial charge in [-0.15, -0.1) is 0 Å². The first-order valence-corrected chi connectivity index (χ1v) is 12.7. The Morgan fingerprint density at radius 3 is 2.69 bits per heavy atom. The van der Waals surface area contributed by atoms with Crippen molar-refractivity contribution in [2.24, 2.45) is 0 Å². The van der Waals surface area contributed by atoms with Crippen LogP contribution < -0.4 is 14.8 Å². The standard InChI is InChI=1S/C30H31N5O4/c1-37-24-8-7-23(28(15-24)38-2)18-35(14-11-22-17-32-26-6-4-3-5-25(22)26)19-29-34-27(20-39-29)30(36)33-16-21-9-12-31-13-10-21/h3-10,12-13,15,17,20,32H,11,14,16,18-19H2,1-2H3,(H,33,36). The molecule has 3 heterocycles. The van der Waals surface area contributed by atoms with Crippen molar-refractivity contribution in [3.05, 3.63) is 108 Å². The van der Waals surface area contributed by atoms with Gasteiger partial charge in [-0.2, -0.15) is 0 Å². The highest BCUT2D eigenvalue weighted by atomic mass is 16.5. The molecule has 0 radical (unpaired) electrons. The first-order valence-electron chi connectivity index (χ1n) is 12.7. The van der Waals surface area contributed by atoms with Crippen molar-refractivity contribution in [2.75, 3.05) is 20.8 Å². The molecule has 2 N–H and O–H groups in total. The molecule has 0 spiro atoms. The largest absolute Gasteiger partial charge is 0.497 e. The van der Waals surface area contributed by atoms with Crippen LogP contribution in [0.3, 0.4) is 0 Å². The summed E-state index contributed by atoms with van der Waals surface area (Å²) < 4.78 is 16.7. The Hall–Kier alpha value is -4.63. The fraction of sp³-hybridized carbons (Fsp3) is 0.233. The first-order chi connectivity index (χ1) is 19.1. The van der Waals surface area contributed by atoms with Gasteiger partial charge >= 0.3 is 0 Å². The molecule has 5 rings (SSSR count). The molecule has 0 saturated carbocycles. The van der Waals surface area contributed by atoms with Gasteiger partial charge in [0.05, 0.1) is 20.8 Å². The number of nitrogens with zero attached hydrogens (tertiary/aromatic N) is 3. The van der Waals surface area contributed by atoms with Crippen molar-refractivity contribution in [2.45, 2.75) is 26.1 Å². The molecule has 0 bridgehead atoms. The number of amides is 1. The maximum Gasteiger partial charge on any atom is 0.273 e. The minimum absolute atomic E-state index is 0.248. The molecule has 0 aliphatic heterocycles. The predicted molar refractivity (Wildman–Crippen MR) is 148 cm³/mol. The minimum atomic E-state index is -0.288. The molecule has 39 heavy (non-hydrogen) atoms. The van der Waals surface area contributed by atoms with Gasteiger partial charge in [0.15, 0.2) is 5.69 Å². The molecule has 0 atom stereocenters. The normalized spacial score (nSPS) is 11.2. The van der Waals surface area contributed by atoms with Crippen molar-refractivity contribution in [3.8, 4) is 11.5 Å². The van der Waals surface area contributed by atoms with Crippen LogP contribution in [0.15, 0.2) is 83.9 Å². The number of H-pyrrole nitrogens is 1. The highest BCUT2D eigenvalue weighted by Gasteiger charge is 2.18. The van der Waals surface area contributed by atoms with Crippen LogP contribution in [0.1, 0.15) is 33.1 Å². The van der Waals surface area contributed by atoms with Crippen LogP contribution in [-0.4, -0.2) is 46.5 Å². The first kappa shape index (κ1) is 26.0. The Bertz CT molecular complexity index is 1530. The summed E-state index contributed by atoms with van der Waals surface area (Å²) in [4.78, 5) is 26.7. The van der Waals surface area contributed by atoms with Crippen LogP contribution in [0.4, 0.5) is 0 Å². The average molecular weight is 526 g/mol. The SMILES string of the molecule is COc1ccc(CN(CCc2c[nH]c3ccccc23)Cc2nc(C(=O)NCc3ccncc3)co2)c(OC)c1. The summed E-state index contributed by atoms with van der Waals surface area (Å²) in [5.74, 6) is 1.66. The molecule has 0 unspecified atom stereocenters. The number of aromatic amines is 1. The maximum atomic E-state index is 12.7. The minimum Gasteiger partial charge on any atom is -0.497 e. The van der Waals surface area contributed by atoms with E-state index in [4.69, 9.17) is 13.9 Å². The van der Waals surface area contributed by atoms with Gasteiger partial charge in [0.25, 0.3) is 5.91 Å².